The van der Waals surface area contributed by atoms with E-state index in [0.29, 0.717) is 10.1 Å². The summed E-state index contributed by atoms with van der Waals surface area (Å²) in [5.41, 5.74) is 2.92. The average Bonchev–Trinajstić information content (AvgIpc) is 3.06. The summed E-state index contributed by atoms with van der Waals surface area (Å²) in [6, 6.07) is 17.6. The third kappa shape index (κ3) is 3.92. The van der Waals surface area contributed by atoms with Crippen LogP contribution in [-0.2, 0) is 4.79 Å². The van der Waals surface area contributed by atoms with Gasteiger partial charge < -0.3 is 10.1 Å². The molecule has 0 saturated carbocycles. The van der Waals surface area contributed by atoms with Crippen molar-refractivity contribution in [2.24, 2.45) is 4.99 Å². The first kappa shape index (κ1) is 18.3. The van der Waals surface area contributed by atoms with Crippen molar-refractivity contribution in [2.75, 3.05) is 7.11 Å². The highest BCUT2D eigenvalue weighted by Gasteiger charge is 2.24. The van der Waals surface area contributed by atoms with Crippen LogP contribution in [-0.4, -0.2) is 23.2 Å². The van der Waals surface area contributed by atoms with E-state index < -0.39 is 0 Å². The highest BCUT2D eigenvalue weighted by atomic mass is 32.2. The Bertz CT molecular complexity index is 1110. The average molecular weight is 389 g/mol. The minimum Gasteiger partial charge on any atom is -0.497 e. The van der Waals surface area contributed by atoms with Crippen LogP contribution in [0.1, 0.15) is 24.1 Å². The maximum atomic E-state index is 12.4. The van der Waals surface area contributed by atoms with Crippen LogP contribution in [0.4, 0.5) is 0 Å². The molecule has 1 atom stereocenters. The number of hydrogen-bond acceptors (Lipinski definition) is 5. The van der Waals surface area contributed by atoms with E-state index in [1.54, 1.807) is 13.3 Å². The zero-order valence-electron chi connectivity index (χ0n) is 15.5. The summed E-state index contributed by atoms with van der Waals surface area (Å²) in [6.45, 7) is 1.99. The number of thioether (sulfide) groups is 1. The number of methoxy groups -OCH3 is 1. The number of nitrogens with one attached hydrogen (secondary N) is 1. The second-order valence-corrected chi connectivity index (χ2v) is 7.44. The van der Waals surface area contributed by atoms with Gasteiger partial charge in [-0.25, -0.2) is 0 Å². The zero-order chi connectivity index (χ0) is 19.5. The number of carbonyl (C=O) groups excluding carboxylic acids is 1. The van der Waals surface area contributed by atoms with E-state index in [4.69, 9.17) is 4.74 Å². The summed E-state index contributed by atoms with van der Waals surface area (Å²) >= 11 is 1.36. The number of ether oxygens (including phenoxy) is 1. The highest BCUT2D eigenvalue weighted by molar-refractivity contribution is 8.18. The fourth-order valence-corrected chi connectivity index (χ4v) is 3.88. The maximum absolute atomic E-state index is 12.4. The lowest BCUT2D eigenvalue weighted by Gasteiger charge is -2.09. The lowest BCUT2D eigenvalue weighted by Crippen LogP contribution is -2.20. The standard InChI is InChI=1S/C22H19N3O2S/c1-14(16-5-3-7-18(13-16)27-2)24-22-25-21(26)20(28-22)12-15-8-9-19-17(11-15)6-4-10-23-19/h3-14H,1-2H3,(H,24,25,26)/t14-/m0/s1. The molecule has 1 aliphatic heterocycles. The molecule has 4 rings (SSSR count). The molecule has 1 N–H and O–H groups in total. The summed E-state index contributed by atoms with van der Waals surface area (Å²) in [7, 11) is 1.64. The quantitative estimate of drug-likeness (QED) is 0.664. The van der Waals surface area contributed by atoms with E-state index in [9.17, 15) is 4.79 Å². The predicted octanol–water partition coefficient (Wildman–Crippen LogP) is 4.56. The molecule has 28 heavy (non-hydrogen) atoms. The van der Waals surface area contributed by atoms with Crippen molar-refractivity contribution < 1.29 is 9.53 Å². The van der Waals surface area contributed by atoms with Gasteiger partial charge in [0.25, 0.3) is 5.91 Å². The smallest absolute Gasteiger partial charge is 0.264 e. The number of amides is 1. The van der Waals surface area contributed by atoms with Gasteiger partial charge >= 0.3 is 0 Å². The summed E-state index contributed by atoms with van der Waals surface area (Å²) in [5.74, 6) is 0.659. The minimum absolute atomic E-state index is 0.0935. The van der Waals surface area contributed by atoms with Gasteiger partial charge in [-0.1, -0.05) is 24.3 Å². The van der Waals surface area contributed by atoms with Gasteiger partial charge in [-0.2, -0.15) is 0 Å². The number of amidine groups is 1. The van der Waals surface area contributed by atoms with Gasteiger partial charge in [-0.05, 0) is 66.2 Å². The van der Waals surface area contributed by atoms with Crippen molar-refractivity contribution in [1.82, 2.24) is 10.3 Å². The topological polar surface area (TPSA) is 63.6 Å². The molecular formula is C22H19N3O2S. The number of rotatable bonds is 4. The predicted molar refractivity (Wildman–Crippen MR) is 114 cm³/mol. The number of pyridine rings is 1. The lowest BCUT2D eigenvalue weighted by atomic mass is 10.1. The van der Waals surface area contributed by atoms with Crippen LogP contribution in [0.15, 0.2) is 70.7 Å². The number of aromatic nitrogens is 1. The number of benzene rings is 2. The molecule has 2 heterocycles. The van der Waals surface area contributed by atoms with E-state index in [2.05, 4.69) is 15.3 Å². The van der Waals surface area contributed by atoms with Crippen LogP contribution in [0.5, 0.6) is 5.75 Å². The second-order valence-electron chi connectivity index (χ2n) is 6.41. The molecule has 6 heteroatoms. The van der Waals surface area contributed by atoms with Gasteiger partial charge in [-0.3, -0.25) is 14.8 Å². The number of fused-ring (bicyclic) bond motifs is 1. The molecule has 1 fully saturated rings. The fourth-order valence-electron chi connectivity index (χ4n) is 2.98. The van der Waals surface area contributed by atoms with E-state index in [1.807, 2.05) is 67.6 Å². The first-order valence-electron chi connectivity index (χ1n) is 8.90. The van der Waals surface area contributed by atoms with Gasteiger partial charge in [0.15, 0.2) is 5.17 Å². The molecule has 0 unspecified atom stereocenters. The molecule has 140 valence electrons. The Labute approximate surface area is 167 Å². The Morgan fingerprint density at radius 1 is 1.18 bits per heavy atom. The largest absolute Gasteiger partial charge is 0.497 e. The molecule has 1 saturated heterocycles. The third-order valence-corrected chi connectivity index (χ3v) is 5.39. The maximum Gasteiger partial charge on any atom is 0.264 e. The van der Waals surface area contributed by atoms with E-state index >= 15 is 0 Å². The van der Waals surface area contributed by atoms with Gasteiger partial charge in [-0.15, -0.1) is 0 Å². The molecular weight excluding hydrogens is 370 g/mol. The Kier molecular flexibility index (Phi) is 5.12. The van der Waals surface area contributed by atoms with Crippen LogP contribution in [0.2, 0.25) is 0 Å². The molecule has 5 nitrogen and oxygen atoms in total. The summed E-state index contributed by atoms with van der Waals surface area (Å²) in [6.07, 6.45) is 3.65. The molecule has 0 spiro atoms. The van der Waals surface area contributed by atoms with Gasteiger partial charge in [0.1, 0.15) is 5.75 Å². The van der Waals surface area contributed by atoms with Crippen LogP contribution in [0.25, 0.3) is 17.0 Å². The van der Waals surface area contributed by atoms with Crippen molar-refractivity contribution in [3.8, 4) is 5.75 Å². The fraction of sp³-hybridized carbons (Fsp3) is 0.136. The Morgan fingerprint density at radius 3 is 2.93 bits per heavy atom. The Hall–Kier alpha value is -3.12. The van der Waals surface area contributed by atoms with E-state index in [0.717, 1.165) is 27.8 Å². The number of aliphatic imine (C=N–C) groups is 1. The number of hydrogen-bond donors (Lipinski definition) is 1. The van der Waals surface area contributed by atoms with Gasteiger partial charge in [0.2, 0.25) is 0 Å². The van der Waals surface area contributed by atoms with Gasteiger partial charge in [0.05, 0.1) is 23.6 Å². The van der Waals surface area contributed by atoms with Crippen molar-refractivity contribution in [3.05, 3.63) is 76.8 Å². The highest BCUT2D eigenvalue weighted by Crippen LogP contribution is 2.29. The Balaban J connectivity index is 1.55. The van der Waals surface area contributed by atoms with Crippen LogP contribution in [0.3, 0.4) is 0 Å². The molecule has 1 amide bonds. The second kappa shape index (κ2) is 7.86. The van der Waals surface area contributed by atoms with E-state index in [1.165, 1.54) is 11.8 Å². The lowest BCUT2D eigenvalue weighted by molar-refractivity contribution is -0.115. The van der Waals surface area contributed by atoms with Crippen molar-refractivity contribution >= 4 is 39.8 Å². The molecule has 0 bridgehead atoms. The third-order valence-electron chi connectivity index (χ3n) is 4.46. The molecule has 3 aromatic rings. The normalized spacial score (nSPS) is 17.9. The minimum atomic E-state index is -0.132. The SMILES string of the molecule is COc1cccc([C@H](C)N=C2NC(=O)C(=Cc3ccc4ncccc4c3)S2)c1. The van der Waals surface area contributed by atoms with Crippen molar-refractivity contribution in [2.45, 2.75) is 13.0 Å². The van der Waals surface area contributed by atoms with Crippen LogP contribution >= 0.6 is 11.8 Å². The molecule has 2 aromatic carbocycles. The number of nitrogens with zero attached hydrogens (tertiary/aromatic N) is 2. The molecule has 1 aromatic heterocycles. The van der Waals surface area contributed by atoms with Gasteiger partial charge in [0, 0.05) is 11.6 Å². The molecule has 0 aliphatic carbocycles. The van der Waals surface area contributed by atoms with Crippen molar-refractivity contribution in [1.29, 1.82) is 0 Å². The summed E-state index contributed by atoms with van der Waals surface area (Å²) in [4.78, 5) is 22.0. The van der Waals surface area contributed by atoms with E-state index in [-0.39, 0.29) is 11.9 Å². The van der Waals surface area contributed by atoms with Crippen LogP contribution in [0, 0.1) is 0 Å². The zero-order valence-corrected chi connectivity index (χ0v) is 16.4. The number of carbonyl (C=O) groups is 1. The first-order valence-corrected chi connectivity index (χ1v) is 9.71. The summed E-state index contributed by atoms with van der Waals surface area (Å²) < 4.78 is 5.27. The molecule has 0 radical (unpaired) electrons. The first-order chi connectivity index (χ1) is 13.6. The summed E-state index contributed by atoms with van der Waals surface area (Å²) in [5, 5.41) is 4.50. The molecule has 1 aliphatic rings. The monoisotopic (exact) mass is 389 g/mol. The van der Waals surface area contributed by atoms with Crippen molar-refractivity contribution in [3.63, 3.8) is 0 Å². The Morgan fingerprint density at radius 2 is 2.07 bits per heavy atom. The van der Waals surface area contributed by atoms with Crippen LogP contribution < -0.4 is 10.1 Å².